The Labute approximate surface area is 201 Å². The first-order valence-corrected chi connectivity index (χ1v) is 11.1. The second-order valence-electron chi connectivity index (χ2n) is 7.87. The molecule has 0 aromatic carbocycles. The second-order valence-corrected chi connectivity index (χ2v) is 9.25. The molecule has 3 heterocycles. The van der Waals surface area contributed by atoms with Crippen molar-refractivity contribution < 1.29 is 4.74 Å². The van der Waals surface area contributed by atoms with Crippen LogP contribution in [0.2, 0.25) is 0 Å². The minimum absolute atomic E-state index is 0. The number of thiophene rings is 1. The van der Waals surface area contributed by atoms with Gasteiger partial charge in [0.2, 0.25) is 0 Å². The van der Waals surface area contributed by atoms with Crippen LogP contribution in [0.5, 0.6) is 0 Å². The number of anilines is 1. The Balaban J connectivity index is 0.00000320. The summed E-state index contributed by atoms with van der Waals surface area (Å²) in [7, 11) is 1.81. The van der Waals surface area contributed by atoms with Gasteiger partial charge in [-0.3, -0.25) is 4.99 Å². The highest BCUT2D eigenvalue weighted by molar-refractivity contribution is 14.0. The summed E-state index contributed by atoms with van der Waals surface area (Å²) in [6.07, 6.45) is 3.40. The standard InChI is InChI=1S/C22H33N5OS.HI/c1-15(10-20-8-6-18(4)29-20)26-22(23-5)25-12-19-7-9-21(24-11-19)27-13-16(2)28-17(3)14-27;/h6-9,11,15-17H,10,12-14H2,1-5H3,(H2,23,25,26);1H. The molecule has 0 spiro atoms. The molecule has 0 aliphatic carbocycles. The summed E-state index contributed by atoms with van der Waals surface area (Å²) in [5.74, 6) is 1.82. The van der Waals surface area contributed by atoms with Gasteiger partial charge in [0.1, 0.15) is 5.82 Å². The molecule has 0 radical (unpaired) electrons. The highest BCUT2D eigenvalue weighted by Crippen LogP contribution is 2.19. The monoisotopic (exact) mass is 543 g/mol. The molecule has 3 rings (SSSR count). The molecular formula is C22H34IN5OS. The number of aliphatic imine (C=N–C) groups is 1. The van der Waals surface area contributed by atoms with Gasteiger partial charge in [0.15, 0.2) is 5.96 Å². The van der Waals surface area contributed by atoms with Crippen LogP contribution in [0.15, 0.2) is 35.5 Å². The number of nitrogens with one attached hydrogen (secondary N) is 2. The maximum Gasteiger partial charge on any atom is 0.191 e. The van der Waals surface area contributed by atoms with Crippen molar-refractivity contribution in [3.63, 3.8) is 0 Å². The molecule has 3 unspecified atom stereocenters. The molecule has 0 saturated carbocycles. The first-order valence-electron chi connectivity index (χ1n) is 10.3. The first-order chi connectivity index (χ1) is 13.9. The van der Waals surface area contributed by atoms with E-state index in [1.807, 2.05) is 17.5 Å². The van der Waals surface area contributed by atoms with Crippen LogP contribution < -0.4 is 15.5 Å². The predicted molar refractivity (Wildman–Crippen MR) is 137 cm³/mol. The molecule has 30 heavy (non-hydrogen) atoms. The average Bonchev–Trinajstić information content (AvgIpc) is 3.09. The molecule has 2 N–H and O–H groups in total. The largest absolute Gasteiger partial charge is 0.372 e. The predicted octanol–water partition coefficient (Wildman–Crippen LogP) is 3.98. The number of ether oxygens (including phenoxy) is 1. The summed E-state index contributed by atoms with van der Waals surface area (Å²) in [6, 6.07) is 8.92. The molecule has 1 aliphatic rings. The van der Waals surface area contributed by atoms with Crippen LogP contribution in [0.25, 0.3) is 0 Å². The van der Waals surface area contributed by atoms with Crippen molar-refractivity contribution in [3.8, 4) is 0 Å². The van der Waals surface area contributed by atoms with Gasteiger partial charge in [-0.2, -0.15) is 0 Å². The van der Waals surface area contributed by atoms with Crippen molar-refractivity contribution >= 4 is 47.1 Å². The van der Waals surface area contributed by atoms with E-state index in [9.17, 15) is 0 Å². The third-order valence-electron chi connectivity index (χ3n) is 4.92. The molecule has 2 aromatic heterocycles. The van der Waals surface area contributed by atoms with E-state index in [0.29, 0.717) is 12.6 Å². The fraction of sp³-hybridized carbons (Fsp3) is 0.545. The molecule has 1 saturated heterocycles. The molecule has 6 nitrogen and oxygen atoms in total. The van der Waals surface area contributed by atoms with Crippen LogP contribution in [-0.4, -0.2) is 49.3 Å². The van der Waals surface area contributed by atoms with Gasteiger partial charge in [-0.15, -0.1) is 35.3 Å². The van der Waals surface area contributed by atoms with E-state index in [-0.39, 0.29) is 36.2 Å². The van der Waals surface area contributed by atoms with Gasteiger partial charge >= 0.3 is 0 Å². The van der Waals surface area contributed by atoms with Crippen LogP contribution in [0.4, 0.5) is 5.82 Å². The summed E-state index contributed by atoms with van der Waals surface area (Å²) in [5, 5.41) is 6.86. The van der Waals surface area contributed by atoms with Gasteiger partial charge in [-0.25, -0.2) is 4.98 Å². The van der Waals surface area contributed by atoms with Crippen molar-refractivity contribution in [1.82, 2.24) is 15.6 Å². The quantitative estimate of drug-likeness (QED) is 0.328. The minimum atomic E-state index is 0. The van der Waals surface area contributed by atoms with Crippen molar-refractivity contribution in [2.24, 2.45) is 4.99 Å². The van der Waals surface area contributed by atoms with E-state index < -0.39 is 0 Å². The van der Waals surface area contributed by atoms with Gasteiger partial charge in [0, 0.05) is 55.1 Å². The van der Waals surface area contributed by atoms with E-state index in [2.05, 4.69) is 77.5 Å². The summed E-state index contributed by atoms with van der Waals surface area (Å²) in [6.45, 7) is 11.0. The van der Waals surface area contributed by atoms with Crippen molar-refractivity contribution in [2.75, 3.05) is 25.0 Å². The molecule has 0 bridgehead atoms. The number of halogens is 1. The average molecular weight is 544 g/mol. The topological polar surface area (TPSA) is 61.8 Å². The lowest BCUT2D eigenvalue weighted by Gasteiger charge is -2.36. The van der Waals surface area contributed by atoms with Crippen LogP contribution in [0.1, 0.15) is 36.1 Å². The Morgan fingerprint density at radius 3 is 2.57 bits per heavy atom. The number of morpholine rings is 1. The first kappa shape index (κ1) is 24.9. The molecule has 1 aliphatic heterocycles. The van der Waals surface area contributed by atoms with Gasteiger partial charge in [0.25, 0.3) is 0 Å². The number of hydrogen-bond acceptors (Lipinski definition) is 5. The maximum atomic E-state index is 5.81. The van der Waals surface area contributed by atoms with E-state index in [0.717, 1.165) is 36.9 Å². The molecular weight excluding hydrogens is 509 g/mol. The van der Waals surface area contributed by atoms with E-state index >= 15 is 0 Å². The molecule has 3 atom stereocenters. The number of guanidine groups is 1. The Bertz CT molecular complexity index is 800. The van der Waals surface area contributed by atoms with Gasteiger partial charge in [-0.1, -0.05) is 6.07 Å². The number of pyridine rings is 1. The van der Waals surface area contributed by atoms with Crippen LogP contribution in [0.3, 0.4) is 0 Å². The zero-order valence-corrected chi connectivity index (χ0v) is 21.7. The van der Waals surface area contributed by atoms with Crippen LogP contribution in [-0.2, 0) is 17.7 Å². The zero-order chi connectivity index (χ0) is 20.8. The summed E-state index contributed by atoms with van der Waals surface area (Å²) < 4.78 is 5.81. The normalized spacial score (nSPS) is 20.4. The highest BCUT2D eigenvalue weighted by Gasteiger charge is 2.22. The number of aryl methyl sites for hydroxylation is 1. The van der Waals surface area contributed by atoms with Gasteiger partial charge in [-0.05, 0) is 51.5 Å². The van der Waals surface area contributed by atoms with E-state index in [1.54, 1.807) is 7.05 Å². The Hall–Kier alpha value is -1.39. The number of rotatable bonds is 6. The fourth-order valence-corrected chi connectivity index (χ4v) is 4.65. The Morgan fingerprint density at radius 1 is 1.27 bits per heavy atom. The molecule has 0 amide bonds. The minimum Gasteiger partial charge on any atom is -0.372 e. The summed E-state index contributed by atoms with van der Waals surface area (Å²) in [4.78, 5) is 14.1. The van der Waals surface area contributed by atoms with Gasteiger partial charge in [0.05, 0.1) is 12.2 Å². The molecule has 166 valence electrons. The number of aromatic nitrogens is 1. The third kappa shape index (κ3) is 7.39. The number of nitrogens with zero attached hydrogens (tertiary/aromatic N) is 3. The van der Waals surface area contributed by atoms with E-state index in [1.165, 1.54) is 9.75 Å². The van der Waals surface area contributed by atoms with Crippen molar-refractivity contribution in [2.45, 2.75) is 58.9 Å². The van der Waals surface area contributed by atoms with Crippen LogP contribution >= 0.6 is 35.3 Å². The lowest BCUT2D eigenvalue weighted by molar-refractivity contribution is -0.00545. The van der Waals surface area contributed by atoms with Gasteiger partial charge < -0.3 is 20.3 Å². The Kier molecular flexibility index (Phi) is 9.83. The molecule has 8 heteroatoms. The smallest absolute Gasteiger partial charge is 0.191 e. The number of hydrogen-bond donors (Lipinski definition) is 2. The fourth-order valence-electron chi connectivity index (χ4n) is 3.63. The molecule has 1 fully saturated rings. The maximum absolute atomic E-state index is 5.81. The second kappa shape index (κ2) is 11.9. The SMILES string of the molecule is CN=C(NCc1ccc(N2CC(C)OC(C)C2)nc1)NC(C)Cc1ccc(C)s1.I. The van der Waals surface area contributed by atoms with Crippen molar-refractivity contribution in [3.05, 3.63) is 45.8 Å². The third-order valence-corrected chi connectivity index (χ3v) is 5.95. The lowest BCUT2D eigenvalue weighted by atomic mass is 10.2. The zero-order valence-electron chi connectivity index (χ0n) is 18.5. The lowest BCUT2D eigenvalue weighted by Crippen LogP contribution is -2.45. The van der Waals surface area contributed by atoms with E-state index in [4.69, 9.17) is 4.74 Å². The summed E-state index contributed by atoms with van der Waals surface area (Å²) in [5.41, 5.74) is 1.13. The summed E-state index contributed by atoms with van der Waals surface area (Å²) >= 11 is 1.85. The Morgan fingerprint density at radius 2 is 2.00 bits per heavy atom. The van der Waals surface area contributed by atoms with Crippen molar-refractivity contribution in [1.29, 1.82) is 0 Å². The highest BCUT2D eigenvalue weighted by atomic mass is 127. The van der Waals surface area contributed by atoms with Crippen LogP contribution in [0, 0.1) is 6.92 Å². The molecule has 2 aromatic rings.